The van der Waals surface area contributed by atoms with E-state index in [9.17, 15) is 9.59 Å². The van der Waals surface area contributed by atoms with Gasteiger partial charge in [-0.05, 0) is 6.42 Å². The van der Waals surface area contributed by atoms with Crippen molar-refractivity contribution in [1.29, 1.82) is 0 Å². The molecular formula is C10H17N3O3. The molecule has 16 heavy (non-hydrogen) atoms. The first-order chi connectivity index (χ1) is 7.77. The van der Waals surface area contributed by atoms with Crippen LogP contribution >= 0.6 is 0 Å². The molecule has 2 amide bonds. The van der Waals surface area contributed by atoms with Gasteiger partial charge in [0, 0.05) is 26.2 Å². The highest BCUT2D eigenvalue weighted by Crippen LogP contribution is 2.05. The molecule has 0 aromatic rings. The van der Waals surface area contributed by atoms with Crippen LogP contribution < -0.4 is 10.6 Å². The Kier molecular flexibility index (Phi) is 3.74. The molecule has 1 atom stereocenters. The minimum Gasteiger partial charge on any atom is -0.366 e. The molecule has 0 aliphatic carbocycles. The summed E-state index contributed by atoms with van der Waals surface area (Å²) >= 11 is 0. The smallest absolute Gasteiger partial charge is 0.253 e. The largest absolute Gasteiger partial charge is 0.366 e. The molecule has 0 saturated carbocycles. The molecule has 0 radical (unpaired) electrons. The maximum absolute atomic E-state index is 12.0. The number of hydrogen-bond donors (Lipinski definition) is 2. The van der Waals surface area contributed by atoms with Gasteiger partial charge in [-0.2, -0.15) is 0 Å². The first-order valence-corrected chi connectivity index (χ1v) is 5.65. The molecular weight excluding hydrogens is 210 g/mol. The molecule has 0 bridgehead atoms. The third-order valence-electron chi connectivity index (χ3n) is 2.78. The zero-order chi connectivity index (χ0) is 11.4. The zero-order valence-corrected chi connectivity index (χ0v) is 9.20. The molecule has 6 heteroatoms. The number of rotatable bonds is 1. The maximum atomic E-state index is 12.0. The van der Waals surface area contributed by atoms with Crippen LogP contribution in [0.3, 0.4) is 0 Å². The maximum Gasteiger partial charge on any atom is 0.253 e. The fraction of sp³-hybridized carbons (Fsp3) is 0.800. The lowest BCUT2D eigenvalue weighted by molar-refractivity contribution is -0.147. The van der Waals surface area contributed by atoms with E-state index in [4.69, 9.17) is 4.74 Å². The molecule has 2 aliphatic rings. The van der Waals surface area contributed by atoms with E-state index >= 15 is 0 Å². The van der Waals surface area contributed by atoms with E-state index in [2.05, 4.69) is 10.6 Å². The second-order valence-electron chi connectivity index (χ2n) is 4.03. The summed E-state index contributed by atoms with van der Waals surface area (Å²) < 4.78 is 5.38. The quantitative estimate of drug-likeness (QED) is 0.561. The molecule has 2 aliphatic heterocycles. The second-order valence-corrected chi connectivity index (χ2v) is 4.03. The van der Waals surface area contributed by atoms with Gasteiger partial charge in [0.1, 0.15) is 6.10 Å². The minimum absolute atomic E-state index is 0.0794. The number of ether oxygens (including phenoxy) is 1. The van der Waals surface area contributed by atoms with Crippen molar-refractivity contribution < 1.29 is 14.3 Å². The molecule has 6 nitrogen and oxygen atoms in total. The SMILES string of the molecule is O=C1CN(C(=O)C2CNCCO2)CCCN1. The van der Waals surface area contributed by atoms with Gasteiger partial charge in [0.2, 0.25) is 5.91 Å². The number of nitrogens with zero attached hydrogens (tertiary/aromatic N) is 1. The minimum atomic E-state index is -0.431. The summed E-state index contributed by atoms with van der Waals surface area (Å²) in [4.78, 5) is 24.9. The fourth-order valence-electron chi connectivity index (χ4n) is 1.92. The Bertz CT molecular complexity index is 276. The molecule has 2 saturated heterocycles. The van der Waals surface area contributed by atoms with Gasteiger partial charge >= 0.3 is 0 Å². The molecule has 0 aromatic heterocycles. The first-order valence-electron chi connectivity index (χ1n) is 5.65. The van der Waals surface area contributed by atoms with Gasteiger partial charge in [-0.3, -0.25) is 9.59 Å². The summed E-state index contributed by atoms with van der Waals surface area (Å²) in [7, 11) is 0. The fourth-order valence-corrected chi connectivity index (χ4v) is 1.92. The van der Waals surface area contributed by atoms with Crippen LogP contribution in [0.5, 0.6) is 0 Å². The van der Waals surface area contributed by atoms with Crippen molar-refractivity contribution in [3.8, 4) is 0 Å². The second kappa shape index (κ2) is 5.27. The van der Waals surface area contributed by atoms with Crippen molar-refractivity contribution in [3.05, 3.63) is 0 Å². The molecule has 2 fully saturated rings. The molecule has 2 rings (SSSR count). The molecule has 2 heterocycles. The number of amides is 2. The highest BCUT2D eigenvalue weighted by molar-refractivity contribution is 5.87. The Balaban J connectivity index is 1.93. The van der Waals surface area contributed by atoms with Crippen molar-refractivity contribution >= 4 is 11.8 Å². The Hall–Kier alpha value is -1.14. The van der Waals surface area contributed by atoms with Crippen LogP contribution in [0, 0.1) is 0 Å². The van der Waals surface area contributed by atoms with Gasteiger partial charge in [0.15, 0.2) is 0 Å². The van der Waals surface area contributed by atoms with Crippen LogP contribution in [0.2, 0.25) is 0 Å². The molecule has 2 N–H and O–H groups in total. The van der Waals surface area contributed by atoms with Crippen molar-refractivity contribution in [2.45, 2.75) is 12.5 Å². The van der Waals surface area contributed by atoms with E-state index in [1.54, 1.807) is 4.90 Å². The molecule has 90 valence electrons. The topological polar surface area (TPSA) is 70.7 Å². The van der Waals surface area contributed by atoms with Crippen LogP contribution in [-0.4, -0.2) is 62.1 Å². The number of carbonyl (C=O) groups excluding carboxylic acids is 2. The van der Waals surface area contributed by atoms with Crippen molar-refractivity contribution in [2.24, 2.45) is 0 Å². The highest BCUT2D eigenvalue weighted by Gasteiger charge is 2.28. The summed E-state index contributed by atoms with van der Waals surface area (Å²) in [5, 5.41) is 5.85. The van der Waals surface area contributed by atoms with Crippen LogP contribution in [-0.2, 0) is 14.3 Å². The Morgan fingerprint density at radius 2 is 2.31 bits per heavy atom. The van der Waals surface area contributed by atoms with Crippen molar-refractivity contribution in [3.63, 3.8) is 0 Å². The molecule has 0 aromatic carbocycles. The Labute approximate surface area is 94.3 Å². The standard InChI is InChI=1S/C10H17N3O3/c14-9-7-13(4-1-2-12-9)10(15)8-6-11-3-5-16-8/h8,11H,1-7H2,(H,12,14). The Morgan fingerprint density at radius 1 is 1.44 bits per heavy atom. The van der Waals surface area contributed by atoms with E-state index in [1.807, 2.05) is 0 Å². The predicted octanol–water partition coefficient (Wildman–Crippen LogP) is -1.68. The predicted molar refractivity (Wildman–Crippen MR) is 56.8 cm³/mol. The summed E-state index contributed by atoms with van der Waals surface area (Å²) in [6.45, 7) is 3.29. The lowest BCUT2D eigenvalue weighted by Crippen LogP contribution is -2.50. The van der Waals surface area contributed by atoms with Gasteiger partial charge in [-0.1, -0.05) is 0 Å². The Morgan fingerprint density at radius 3 is 3.06 bits per heavy atom. The normalized spacial score (nSPS) is 27.1. The monoisotopic (exact) mass is 227 g/mol. The van der Waals surface area contributed by atoms with E-state index in [0.717, 1.165) is 13.0 Å². The average Bonchev–Trinajstić information content (AvgIpc) is 2.54. The van der Waals surface area contributed by atoms with E-state index in [0.29, 0.717) is 26.2 Å². The van der Waals surface area contributed by atoms with Gasteiger partial charge in [-0.15, -0.1) is 0 Å². The lowest BCUT2D eigenvalue weighted by Gasteiger charge is -2.28. The van der Waals surface area contributed by atoms with Gasteiger partial charge < -0.3 is 20.3 Å². The molecule has 0 spiro atoms. The van der Waals surface area contributed by atoms with Crippen LogP contribution in [0.15, 0.2) is 0 Å². The van der Waals surface area contributed by atoms with Crippen LogP contribution in [0.25, 0.3) is 0 Å². The summed E-state index contributed by atoms with van der Waals surface area (Å²) in [6.07, 6.45) is 0.372. The highest BCUT2D eigenvalue weighted by atomic mass is 16.5. The van der Waals surface area contributed by atoms with Gasteiger partial charge in [0.05, 0.1) is 13.2 Å². The van der Waals surface area contributed by atoms with Crippen LogP contribution in [0.1, 0.15) is 6.42 Å². The first kappa shape index (κ1) is 11.3. The third kappa shape index (κ3) is 2.70. The van der Waals surface area contributed by atoms with E-state index < -0.39 is 6.10 Å². The van der Waals surface area contributed by atoms with Gasteiger partial charge in [-0.25, -0.2) is 0 Å². The number of carbonyl (C=O) groups is 2. The summed E-state index contributed by atoms with van der Waals surface area (Å²) in [5.41, 5.74) is 0. The van der Waals surface area contributed by atoms with Crippen LogP contribution in [0.4, 0.5) is 0 Å². The van der Waals surface area contributed by atoms with Crippen molar-refractivity contribution in [2.75, 3.05) is 39.3 Å². The number of nitrogens with one attached hydrogen (secondary N) is 2. The van der Waals surface area contributed by atoms with Crippen molar-refractivity contribution in [1.82, 2.24) is 15.5 Å². The summed E-state index contributed by atoms with van der Waals surface area (Å²) in [5.74, 6) is -0.168. The lowest BCUT2D eigenvalue weighted by atomic mass is 10.2. The zero-order valence-electron chi connectivity index (χ0n) is 9.20. The van der Waals surface area contributed by atoms with E-state index in [1.165, 1.54) is 0 Å². The van der Waals surface area contributed by atoms with E-state index in [-0.39, 0.29) is 18.4 Å². The number of morpholine rings is 1. The number of hydrogen-bond acceptors (Lipinski definition) is 4. The van der Waals surface area contributed by atoms with Gasteiger partial charge in [0.25, 0.3) is 5.91 Å². The average molecular weight is 227 g/mol. The molecule has 1 unspecified atom stereocenters. The third-order valence-corrected chi connectivity index (χ3v) is 2.78. The summed E-state index contributed by atoms with van der Waals surface area (Å²) in [6, 6.07) is 0.